The normalized spacial score (nSPS) is 17.1. The monoisotopic (exact) mass is 269 g/mol. The molecule has 0 aromatic heterocycles. The second-order valence-electron chi connectivity index (χ2n) is 5.25. The fourth-order valence-electron chi connectivity index (χ4n) is 1.72. The summed E-state index contributed by atoms with van der Waals surface area (Å²) in [4.78, 5) is 4.20. The molecule has 1 aliphatic heterocycles. The largest absolute Gasteiger partial charge is 0.377 e. The summed E-state index contributed by atoms with van der Waals surface area (Å²) in [5.41, 5.74) is 1.27. The molecule has 0 amide bonds. The average molecular weight is 269 g/mol. The van der Waals surface area contributed by atoms with Crippen molar-refractivity contribution in [3.8, 4) is 0 Å². The van der Waals surface area contributed by atoms with Crippen LogP contribution in [0, 0.1) is 0 Å². The lowest BCUT2D eigenvalue weighted by atomic mass is 10.1. The zero-order valence-corrected chi connectivity index (χ0v) is 12.6. The molecule has 5 nitrogen and oxygen atoms in total. The summed E-state index contributed by atoms with van der Waals surface area (Å²) < 4.78 is 10.7. The number of methoxy groups -OCH3 is 1. The van der Waals surface area contributed by atoms with Gasteiger partial charge in [-0.05, 0) is 26.7 Å². The molecule has 0 atom stereocenters. The van der Waals surface area contributed by atoms with Gasteiger partial charge >= 0.3 is 0 Å². The SMILES string of the molecule is CN=C(NCCC1=CCOCC1)NCC(C)(C)OC. The molecule has 0 saturated carbocycles. The zero-order valence-electron chi connectivity index (χ0n) is 12.6. The lowest BCUT2D eigenvalue weighted by Crippen LogP contribution is -2.45. The van der Waals surface area contributed by atoms with Gasteiger partial charge in [0.1, 0.15) is 0 Å². The molecule has 19 heavy (non-hydrogen) atoms. The van der Waals surface area contributed by atoms with E-state index in [0.717, 1.165) is 45.1 Å². The molecule has 0 aromatic rings. The molecule has 0 unspecified atom stereocenters. The number of guanidine groups is 1. The van der Waals surface area contributed by atoms with Crippen LogP contribution in [0.4, 0.5) is 0 Å². The number of hydrogen-bond donors (Lipinski definition) is 2. The van der Waals surface area contributed by atoms with Crippen molar-refractivity contribution in [2.75, 3.05) is 40.5 Å². The number of nitrogens with zero attached hydrogens (tertiary/aromatic N) is 1. The topological polar surface area (TPSA) is 54.9 Å². The first-order chi connectivity index (χ1) is 9.07. The number of rotatable bonds is 6. The van der Waals surface area contributed by atoms with E-state index in [4.69, 9.17) is 9.47 Å². The minimum atomic E-state index is -0.194. The quantitative estimate of drug-likeness (QED) is 0.434. The van der Waals surface area contributed by atoms with Crippen LogP contribution < -0.4 is 10.6 Å². The number of hydrogen-bond acceptors (Lipinski definition) is 3. The first-order valence-electron chi connectivity index (χ1n) is 6.83. The molecule has 110 valence electrons. The summed E-state index contributed by atoms with van der Waals surface area (Å²) >= 11 is 0. The Morgan fingerprint density at radius 2 is 2.26 bits per heavy atom. The van der Waals surface area contributed by atoms with Crippen LogP contribution in [0.2, 0.25) is 0 Å². The first kappa shape index (κ1) is 16.0. The van der Waals surface area contributed by atoms with Crippen LogP contribution in [-0.4, -0.2) is 52.0 Å². The van der Waals surface area contributed by atoms with Crippen LogP contribution in [0.15, 0.2) is 16.6 Å². The Labute approximate surface area is 116 Å². The van der Waals surface area contributed by atoms with E-state index in [0.29, 0.717) is 0 Å². The van der Waals surface area contributed by atoms with Crippen LogP contribution in [0.1, 0.15) is 26.7 Å². The molecule has 0 aromatic carbocycles. The Morgan fingerprint density at radius 3 is 2.84 bits per heavy atom. The predicted molar refractivity (Wildman–Crippen MR) is 78.6 cm³/mol. The van der Waals surface area contributed by atoms with Gasteiger partial charge in [0, 0.05) is 27.2 Å². The Hall–Kier alpha value is -1.07. The number of nitrogens with one attached hydrogen (secondary N) is 2. The number of aliphatic imine (C=N–C) groups is 1. The average Bonchev–Trinajstić information content (AvgIpc) is 2.43. The van der Waals surface area contributed by atoms with E-state index >= 15 is 0 Å². The molecule has 5 heteroatoms. The minimum Gasteiger partial charge on any atom is -0.377 e. The third kappa shape index (κ3) is 6.59. The van der Waals surface area contributed by atoms with Gasteiger partial charge in [0.2, 0.25) is 0 Å². The second kappa shape index (κ2) is 8.17. The molecular weight excluding hydrogens is 242 g/mol. The van der Waals surface area contributed by atoms with E-state index in [1.54, 1.807) is 14.2 Å². The maximum atomic E-state index is 5.36. The Kier molecular flexibility index (Phi) is 6.87. The summed E-state index contributed by atoms with van der Waals surface area (Å²) in [5, 5.41) is 6.58. The highest BCUT2D eigenvalue weighted by Crippen LogP contribution is 2.10. The molecule has 0 saturated heterocycles. The van der Waals surface area contributed by atoms with E-state index < -0.39 is 0 Å². The highest BCUT2D eigenvalue weighted by molar-refractivity contribution is 5.79. The van der Waals surface area contributed by atoms with Crippen molar-refractivity contribution in [1.82, 2.24) is 10.6 Å². The summed E-state index contributed by atoms with van der Waals surface area (Å²) in [7, 11) is 3.50. The van der Waals surface area contributed by atoms with Crippen molar-refractivity contribution in [2.24, 2.45) is 4.99 Å². The summed E-state index contributed by atoms with van der Waals surface area (Å²) in [6.45, 7) is 7.30. The second-order valence-corrected chi connectivity index (χ2v) is 5.25. The van der Waals surface area contributed by atoms with Crippen molar-refractivity contribution in [1.29, 1.82) is 0 Å². The van der Waals surface area contributed by atoms with Gasteiger partial charge in [0.05, 0.1) is 18.8 Å². The van der Waals surface area contributed by atoms with E-state index in [9.17, 15) is 0 Å². The molecule has 0 fully saturated rings. The standard InChI is InChI=1S/C14H27N3O2/c1-14(2,18-4)11-17-13(15-3)16-8-5-12-6-9-19-10-7-12/h6H,5,7-11H2,1-4H3,(H2,15,16,17). The van der Waals surface area contributed by atoms with Gasteiger partial charge in [-0.25, -0.2) is 0 Å². The van der Waals surface area contributed by atoms with Gasteiger partial charge in [-0.2, -0.15) is 0 Å². The third-order valence-corrected chi connectivity index (χ3v) is 3.25. The molecule has 1 aliphatic rings. The molecule has 1 heterocycles. The zero-order chi connectivity index (χ0) is 14.1. The first-order valence-corrected chi connectivity index (χ1v) is 6.83. The fourth-order valence-corrected chi connectivity index (χ4v) is 1.72. The van der Waals surface area contributed by atoms with E-state index in [2.05, 4.69) is 21.7 Å². The summed E-state index contributed by atoms with van der Waals surface area (Å²) in [6.07, 6.45) is 4.26. The van der Waals surface area contributed by atoms with E-state index in [-0.39, 0.29) is 5.60 Å². The Morgan fingerprint density at radius 1 is 1.47 bits per heavy atom. The maximum Gasteiger partial charge on any atom is 0.191 e. The van der Waals surface area contributed by atoms with Crippen molar-refractivity contribution in [3.63, 3.8) is 0 Å². The van der Waals surface area contributed by atoms with Gasteiger partial charge < -0.3 is 20.1 Å². The summed E-state index contributed by atoms with van der Waals surface area (Å²) in [5.74, 6) is 0.817. The van der Waals surface area contributed by atoms with Gasteiger partial charge in [0.15, 0.2) is 5.96 Å². The molecule has 1 rings (SSSR count). The van der Waals surface area contributed by atoms with Crippen molar-refractivity contribution < 1.29 is 9.47 Å². The fraction of sp³-hybridized carbons (Fsp3) is 0.786. The Balaban J connectivity index is 2.24. The minimum absolute atomic E-state index is 0.194. The van der Waals surface area contributed by atoms with Crippen LogP contribution in [0.5, 0.6) is 0 Å². The Bertz CT molecular complexity index is 325. The van der Waals surface area contributed by atoms with Gasteiger partial charge in [0.25, 0.3) is 0 Å². The van der Waals surface area contributed by atoms with E-state index in [1.165, 1.54) is 5.57 Å². The molecule has 2 N–H and O–H groups in total. The van der Waals surface area contributed by atoms with Crippen LogP contribution >= 0.6 is 0 Å². The highest BCUT2D eigenvalue weighted by Gasteiger charge is 2.16. The smallest absolute Gasteiger partial charge is 0.191 e. The van der Waals surface area contributed by atoms with E-state index in [1.807, 2.05) is 13.8 Å². The van der Waals surface area contributed by atoms with Crippen LogP contribution in [0.3, 0.4) is 0 Å². The van der Waals surface area contributed by atoms with Gasteiger partial charge in [-0.1, -0.05) is 11.6 Å². The van der Waals surface area contributed by atoms with Crippen molar-refractivity contribution >= 4 is 5.96 Å². The third-order valence-electron chi connectivity index (χ3n) is 3.25. The molecular formula is C14H27N3O2. The number of ether oxygens (including phenoxy) is 2. The highest BCUT2D eigenvalue weighted by atomic mass is 16.5. The van der Waals surface area contributed by atoms with Crippen LogP contribution in [-0.2, 0) is 9.47 Å². The van der Waals surface area contributed by atoms with Gasteiger partial charge in [-0.15, -0.1) is 0 Å². The molecule has 0 aliphatic carbocycles. The predicted octanol–water partition coefficient (Wildman–Crippen LogP) is 1.31. The van der Waals surface area contributed by atoms with Crippen molar-refractivity contribution in [3.05, 3.63) is 11.6 Å². The maximum absolute atomic E-state index is 5.36. The lowest BCUT2D eigenvalue weighted by molar-refractivity contribution is 0.0268. The van der Waals surface area contributed by atoms with Gasteiger partial charge in [-0.3, -0.25) is 4.99 Å². The lowest BCUT2D eigenvalue weighted by Gasteiger charge is -2.24. The molecule has 0 spiro atoms. The summed E-state index contributed by atoms with van der Waals surface area (Å²) in [6, 6.07) is 0. The molecule has 0 bridgehead atoms. The molecule has 0 radical (unpaired) electrons. The van der Waals surface area contributed by atoms with Crippen LogP contribution in [0.25, 0.3) is 0 Å². The van der Waals surface area contributed by atoms with Crippen molar-refractivity contribution in [2.45, 2.75) is 32.3 Å².